The van der Waals surface area contributed by atoms with Crippen LogP contribution in [0.2, 0.25) is 0 Å². The number of nitrogens with one attached hydrogen (secondary N) is 3. The summed E-state index contributed by atoms with van der Waals surface area (Å²) in [6.07, 6.45) is 2.31. The van der Waals surface area contributed by atoms with E-state index < -0.39 is 23.4 Å². The number of benzene rings is 2. The zero-order valence-corrected chi connectivity index (χ0v) is 19.8. The molecule has 2 heterocycles. The quantitative estimate of drug-likeness (QED) is 0.506. The molecule has 1 atom stereocenters. The van der Waals surface area contributed by atoms with Crippen LogP contribution in [0.1, 0.15) is 31.7 Å². The van der Waals surface area contributed by atoms with Gasteiger partial charge in [-0.05, 0) is 63.4 Å². The van der Waals surface area contributed by atoms with Crippen LogP contribution in [-0.2, 0) is 20.8 Å². The number of amides is 5. The maximum atomic E-state index is 12.9. The summed E-state index contributed by atoms with van der Waals surface area (Å²) in [7, 11) is 0. The number of carbonyl (C=O) groups excluding carboxylic acids is 4. The standard InChI is InChI=1S/C26H31N5O4/c1-26(15-12-19-8-4-2-5-9-19)24(34)31(25(35)28-26)29-22(32)18-30-16-13-20(14-17-30)23(33)27-21-10-6-3-7-11-21/h2-11,20H,12-18H2,1H3,(H,27,33)(H,28,35)(H,29,32)/t26-/m0/s1. The largest absolute Gasteiger partial charge is 0.344 e. The van der Waals surface area contributed by atoms with Crippen molar-refractivity contribution in [3.63, 3.8) is 0 Å². The van der Waals surface area contributed by atoms with Gasteiger partial charge in [0.2, 0.25) is 5.91 Å². The highest BCUT2D eigenvalue weighted by Gasteiger charge is 2.48. The maximum absolute atomic E-state index is 12.9. The first-order chi connectivity index (χ1) is 16.8. The third-order valence-corrected chi connectivity index (χ3v) is 6.62. The number of imide groups is 1. The van der Waals surface area contributed by atoms with Crippen LogP contribution < -0.4 is 16.1 Å². The molecule has 184 valence electrons. The number of rotatable bonds is 8. The minimum Gasteiger partial charge on any atom is -0.326 e. The molecule has 0 aliphatic carbocycles. The number of likely N-dealkylation sites (tertiary alicyclic amines) is 1. The lowest BCUT2D eigenvalue weighted by Crippen LogP contribution is -2.52. The Labute approximate surface area is 204 Å². The molecule has 9 heteroatoms. The van der Waals surface area contributed by atoms with Gasteiger partial charge in [0.15, 0.2) is 0 Å². The monoisotopic (exact) mass is 477 g/mol. The number of urea groups is 1. The second kappa shape index (κ2) is 10.7. The number of hydrogen-bond acceptors (Lipinski definition) is 5. The van der Waals surface area contributed by atoms with Crippen LogP contribution in [0.5, 0.6) is 0 Å². The number of carbonyl (C=O) groups is 4. The molecule has 0 radical (unpaired) electrons. The average Bonchev–Trinajstić information content (AvgIpc) is 3.07. The fraction of sp³-hybridized carbons (Fsp3) is 0.385. The van der Waals surface area contributed by atoms with Crippen molar-refractivity contribution < 1.29 is 19.2 Å². The number of para-hydroxylation sites is 1. The predicted octanol–water partition coefficient (Wildman–Crippen LogP) is 2.31. The smallest absolute Gasteiger partial charge is 0.326 e. The fourth-order valence-electron chi connectivity index (χ4n) is 4.48. The zero-order valence-electron chi connectivity index (χ0n) is 19.8. The molecule has 0 unspecified atom stereocenters. The summed E-state index contributed by atoms with van der Waals surface area (Å²) in [5.74, 6) is -1.05. The van der Waals surface area contributed by atoms with E-state index in [0.717, 1.165) is 16.3 Å². The van der Waals surface area contributed by atoms with E-state index in [1.807, 2.05) is 65.6 Å². The van der Waals surface area contributed by atoms with Crippen molar-refractivity contribution in [2.24, 2.45) is 5.92 Å². The highest BCUT2D eigenvalue weighted by atomic mass is 16.2. The van der Waals surface area contributed by atoms with E-state index >= 15 is 0 Å². The third-order valence-electron chi connectivity index (χ3n) is 6.62. The SMILES string of the molecule is C[C@@]1(CCc2ccccc2)NC(=O)N(NC(=O)CN2CCC(C(=O)Nc3ccccc3)CC2)C1=O. The number of aryl methyl sites for hydroxylation is 1. The topological polar surface area (TPSA) is 111 Å². The molecule has 4 rings (SSSR count). The van der Waals surface area contributed by atoms with Crippen LogP contribution in [-0.4, -0.2) is 58.8 Å². The molecule has 9 nitrogen and oxygen atoms in total. The molecule has 0 bridgehead atoms. The lowest BCUT2D eigenvalue weighted by Gasteiger charge is -2.31. The lowest BCUT2D eigenvalue weighted by molar-refractivity contribution is -0.139. The number of anilines is 1. The Morgan fingerprint density at radius 1 is 1.00 bits per heavy atom. The summed E-state index contributed by atoms with van der Waals surface area (Å²) in [6.45, 7) is 2.88. The van der Waals surface area contributed by atoms with Crippen LogP contribution in [0, 0.1) is 5.92 Å². The summed E-state index contributed by atoms with van der Waals surface area (Å²) < 4.78 is 0. The van der Waals surface area contributed by atoms with Crippen molar-refractivity contribution in [1.29, 1.82) is 0 Å². The zero-order chi connectivity index (χ0) is 24.8. The minimum atomic E-state index is -1.08. The average molecular weight is 478 g/mol. The second-order valence-electron chi connectivity index (χ2n) is 9.33. The molecular formula is C26H31N5O4. The van der Waals surface area contributed by atoms with Gasteiger partial charge in [-0.25, -0.2) is 4.79 Å². The van der Waals surface area contributed by atoms with Crippen LogP contribution in [0.25, 0.3) is 0 Å². The highest BCUT2D eigenvalue weighted by molar-refractivity contribution is 6.07. The molecular weight excluding hydrogens is 446 g/mol. The van der Waals surface area contributed by atoms with Crippen molar-refractivity contribution in [3.8, 4) is 0 Å². The molecule has 2 aromatic carbocycles. The van der Waals surface area contributed by atoms with Gasteiger partial charge in [0, 0.05) is 11.6 Å². The van der Waals surface area contributed by atoms with Crippen molar-refractivity contribution in [2.75, 3.05) is 25.0 Å². The molecule has 2 aliphatic rings. The Morgan fingerprint density at radius 3 is 2.29 bits per heavy atom. The Balaban J connectivity index is 1.23. The Kier molecular flexibility index (Phi) is 7.45. The summed E-state index contributed by atoms with van der Waals surface area (Å²) in [5, 5.41) is 6.43. The summed E-state index contributed by atoms with van der Waals surface area (Å²) in [4.78, 5) is 52.4. The first-order valence-electron chi connectivity index (χ1n) is 11.9. The van der Waals surface area contributed by atoms with Gasteiger partial charge in [0.1, 0.15) is 5.54 Å². The third kappa shape index (κ3) is 6.05. The summed E-state index contributed by atoms with van der Waals surface area (Å²) >= 11 is 0. The van der Waals surface area contributed by atoms with Gasteiger partial charge in [0.05, 0.1) is 6.54 Å². The highest BCUT2D eigenvalue weighted by Crippen LogP contribution is 2.23. The Bertz CT molecular complexity index is 1070. The van der Waals surface area contributed by atoms with Crippen molar-refractivity contribution >= 4 is 29.4 Å². The molecule has 2 fully saturated rings. The normalized spacial score (nSPS) is 21.0. The number of piperidine rings is 1. The molecule has 2 aromatic rings. The first-order valence-corrected chi connectivity index (χ1v) is 11.9. The second-order valence-corrected chi connectivity index (χ2v) is 9.33. The van der Waals surface area contributed by atoms with Crippen molar-refractivity contribution in [1.82, 2.24) is 20.7 Å². The minimum absolute atomic E-state index is 0.0191. The number of hydrazine groups is 1. The molecule has 0 spiro atoms. The van der Waals surface area contributed by atoms with Crippen LogP contribution in [0.15, 0.2) is 60.7 Å². The first kappa shape index (κ1) is 24.4. The lowest BCUT2D eigenvalue weighted by atomic mass is 9.93. The molecule has 0 aromatic heterocycles. The van der Waals surface area contributed by atoms with Crippen LogP contribution in [0.4, 0.5) is 10.5 Å². The van der Waals surface area contributed by atoms with Gasteiger partial charge < -0.3 is 10.6 Å². The summed E-state index contributed by atoms with van der Waals surface area (Å²) in [5.41, 5.74) is 3.21. The van der Waals surface area contributed by atoms with Gasteiger partial charge in [-0.1, -0.05) is 48.5 Å². The maximum Gasteiger partial charge on any atom is 0.344 e. The summed E-state index contributed by atoms with van der Waals surface area (Å²) in [6, 6.07) is 18.4. The van der Waals surface area contributed by atoms with Crippen LogP contribution in [0.3, 0.4) is 0 Å². The van der Waals surface area contributed by atoms with E-state index in [0.29, 0.717) is 38.8 Å². The van der Waals surface area contributed by atoms with E-state index in [-0.39, 0.29) is 18.4 Å². The Morgan fingerprint density at radius 2 is 1.63 bits per heavy atom. The van der Waals surface area contributed by atoms with Crippen molar-refractivity contribution in [2.45, 2.75) is 38.1 Å². The van der Waals surface area contributed by atoms with E-state index in [1.54, 1.807) is 6.92 Å². The van der Waals surface area contributed by atoms with Crippen molar-refractivity contribution in [3.05, 3.63) is 66.2 Å². The van der Waals surface area contributed by atoms with E-state index in [1.165, 1.54) is 0 Å². The van der Waals surface area contributed by atoms with E-state index in [2.05, 4.69) is 16.1 Å². The van der Waals surface area contributed by atoms with Crippen LogP contribution >= 0.6 is 0 Å². The van der Waals surface area contributed by atoms with Gasteiger partial charge in [-0.2, -0.15) is 5.01 Å². The molecule has 0 saturated carbocycles. The fourth-order valence-corrected chi connectivity index (χ4v) is 4.48. The molecule has 35 heavy (non-hydrogen) atoms. The van der Waals surface area contributed by atoms with Gasteiger partial charge in [-0.15, -0.1) is 0 Å². The Hall–Kier alpha value is -3.72. The van der Waals surface area contributed by atoms with Gasteiger partial charge >= 0.3 is 6.03 Å². The van der Waals surface area contributed by atoms with Gasteiger partial charge in [-0.3, -0.25) is 24.7 Å². The molecule has 2 aliphatic heterocycles. The van der Waals surface area contributed by atoms with E-state index in [9.17, 15) is 19.2 Å². The number of hydrogen-bond donors (Lipinski definition) is 3. The van der Waals surface area contributed by atoms with E-state index in [4.69, 9.17) is 0 Å². The number of nitrogens with zero attached hydrogens (tertiary/aromatic N) is 2. The molecule has 3 N–H and O–H groups in total. The van der Waals surface area contributed by atoms with Gasteiger partial charge in [0.25, 0.3) is 11.8 Å². The predicted molar refractivity (Wildman–Crippen MR) is 131 cm³/mol. The molecule has 5 amide bonds. The molecule has 2 saturated heterocycles.